The predicted octanol–water partition coefficient (Wildman–Crippen LogP) is 4.27. The molecule has 2 atom stereocenters. The summed E-state index contributed by atoms with van der Waals surface area (Å²) in [4.78, 5) is 23.6. The molecule has 1 fully saturated rings. The smallest absolute Gasteiger partial charge is 0.351 e. The normalized spacial score (nSPS) is 17.6. The highest BCUT2D eigenvalue weighted by molar-refractivity contribution is 7.89. The third-order valence-electron chi connectivity index (χ3n) is 6.17. The van der Waals surface area contributed by atoms with Crippen molar-refractivity contribution in [1.29, 1.82) is 0 Å². The number of nitrogens with one attached hydrogen (secondary N) is 1. The van der Waals surface area contributed by atoms with E-state index in [9.17, 15) is 35.2 Å². The van der Waals surface area contributed by atoms with Gasteiger partial charge < -0.3 is 5.32 Å². The van der Waals surface area contributed by atoms with Crippen molar-refractivity contribution in [2.45, 2.75) is 56.1 Å². The van der Waals surface area contributed by atoms with Crippen molar-refractivity contribution in [3.05, 3.63) is 71.7 Å². The molecule has 1 amide bonds. The topological polar surface area (TPSA) is 105 Å². The number of benzene rings is 1. The summed E-state index contributed by atoms with van der Waals surface area (Å²) in [7, 11) is -4.11. The summed E-state index contributed by atoms with van der Waals surface area (Å²) >= 11 is 0. The molecule has 3 aromatic rings. The van der Waals surface area contributed by atoms with E-state index in [1.807, 2.05) is 0 Å². The zero-order valence-electron chi connectivity index (χ0n) is 21.1. The standard InChI is InChI=1S/C24H22F5N5O3S.C2H2/c1-14-2-7-21(34(14)38(36,37)19-5-3-18(26)4-6-19)22(35)31-10-15-8-20(30-11-16(15)9-25)17-12-32-23(33-13-17)24(27,28)29;1-2/h3-6,8,11-14,21H,2,7,9-10H2,1H3,(H,31,35);1-2H/t14-,21-;/m0./s1. The van der Waals surface area contributed by atoms with Crippen LogP contribution in [0, 0.1) is 18.7 Å². The summed E-state index contributed by atoms with van der Waals surface area (Å²) in [6.45, 7) is 0.550. The number of terminal acetylenes is 1. The van der Waals surface area contributed by atoms with Gasteiger partial charge in [0.2, 0.25) is 21.8 Å². The Hall–Kier alpha value is -3.96. The lowest BCUT2D eigenvalue weighted by molar-refractivity contribution is -0.145. The van der Waals surface area contributed by atoms with Crippen molar-refractivity contribution in [2.24, 2.45) is 0 Å². The maximum atomic E-state index is 13.6. The van der Waals surface area contributed by atoms with Gasteiger partial charge in [-0.25, -0.2) is 27.2 Å². The number of aromatic nitrogens is 3. The van der Waals surface area contributed by atoms with E-state index >= 15 is 0 Å². The Labute approximate surface area is 227 Å². The number of hydrogen-bond acceptors (Lipinski definition) is 6. The van der Waals surface area contributed by atoms with Crippen molar-refractivity contribution >= 4 is 15.9 Å². The zero-order chi connectivity index (χ0) is 29.7. The van der Waals surface area contributed by atoms with Crippen LogP contribution in [-0.4, -0.2) is 45.7 Å². The zero-order valence-corrected chi connectivity index (χ0v) is 21.9. The number of alkyl halides is 4. The molecular weight excluding hydrogens is 557 g/mol. The molecule has 0 spiro atoms. The van der Waals surface area contributed by atoms with Crippen molar-refractivity contribution in [3.63, 3.8) is 0 Å². The molecular formula is C26H24F5N5O3S. The summed E-state index contributed by atoms with van der Waals surface area (Å²) in [6, 6.07) is 4.15. The Kier molecular flexibility index (Phi) is 9.54. The maximum absolute atomic E-state index is 13.6. The maximum Gasteiger partial charge on any atom is 0.451 e. The molecule has 8 nitrogen and oxygen atoms in total. The third-order valence-corrected chi connectivity index (χ3v) is 8.21. The summed E-state index contributed by atoms with van der Waals surface area (Å²) in [5, 5.41) is 2.63. The quantitative estimate of drug-likeness (QED) is 0.330. The van der Waals surface area contributed by atoms with Gasteiger partial charge in [0.15, 0.2) is 0 Å². The van der Waals surface area contributed by atoms with E-state index in [0.29, 0.717) is 12.0 Å². The van der Waals surface area contributed by atoms with E-state index in [1.54, 1.807) is 6.92 Å². The molecule has 3 heterocycles. The van der Waals surface area contributed by atoms with E-state index in [0.717, 1.165) is 41.0 Å². The molecule has 1 N–H and O–H groups in total. The van der Waals surface area contributed by atoms with Gasteiger partial charge in [0.05, 0.1) is 10.6 Å². The molecule has 212 valence electrons. The van der Waals surface area contributed by atoms with Gasteiger partial charge in [0.1, 0.15) is 18.5 Å². The first-order chi connectivity index (χ1) is 18.9. The highest BCUT2D eigenvalue weighted by Gasteiger charge is 2.43. The summed E-state index contributed by atoms with van der Waals surface area (Å²) < 4.78 is 92.7. The second-order valence-electron chi connectivity index (χ2n) is 8.71. The number of pyridine rings is 1. The molecule has 0 unspecified atom stereocenters. The fourth-order valence-corrected chi connectivity index (χ4v) is 6.05. The average molecular weight is 582 g/mol. The van der Waals surface area contributed by atoms with Gasteiger partial charge >= 0.3 is 6.18 Å². The van der Waals surface area contributed by atoms with Gasteiger partial charge in [0.25, 0.3) is 0 Å². The van der Waals surface area contributed by atoms with E-state index < -0.39 is 52.5 Å². The van der Waals surface area contributed by atoms with Crippen molar-refractivity contribution in [2.75, 3.05) is 0 Å². The van der Waals surface area contributed by atoms with Gasteiger partial charge in [-0.3, -0.25) is 9.78 Å². The van der Waals surface area contributed by atoms with Crippen LogP contribution in [-0.2, 0) is 34.2 Å². The highest BCUT2D eigenvalue weighted by atomic mass is 32.2. The lowest BCUT2D eigenvalue weighted by Gasteiger charge is -2.27. The SMILES string of the molecule is C#C.C[C@H]1CC[C@@H](C(=O)NCc2cc(-c3cnc(C(F)(F)F)nc3)ncc2CF)N1S(=O)(=O)c1ccc(F)cc1. The minimum absolute atomic E-state index is 0.137. The number of nitrogens with zero attached hydrogens (tertiary/aromatic N) is 4. The van der Waals surface area contributed by atoms with Gasteiger partial charge in [-0.2, -0.15) is 17.5 Å². The van der Waals surface area contributed by atoms with E-state index in [-0.39, 0.29) is 34.7 Å². The molecule has 2 aromatic heterocycles. The van der Waals surface area contributed by atoms with Crippen LogP contribution in [0.15, 0.2) is 53.8 Å². The lowest BCUT2D eigenvalue weighted by Crippen LogP contribution is -2.48. The number of hydrogen-bond donors (Lipinski definition) is 1. The Morgan fingerprint density at radius 2 is 1.68 bits per heavy atom. The lowest BCUT2D eigenvalue weighted by atomic mass is 10.1. The first-order valence-corrected chi connectivity index (χ1v) is 13.2. The first kappa shape index (κ1) is 30.6. The van der Waals surface area contributed by atoms with Crippen molar-refractivity contribution in [3.8, 4) is 24.1 Å². The molecule has 14 heteroatoms. The van der Waals surface area contributed by atoms with Crippen LogP contribution in [0.3, 0.4) is 0 Å². The third kappa shape index (κ3) is 6.60. The van der Waals surface area contributed by atoms with Crippen molar-refractivity contribution < 1.29 is 35.2 Å². The van der Waals surface area contributed by atoms with Gasteiger partial charge in [-0.1, -0.05) is 0 Å². The minimum atomic E-state index is -4.71. The number of amides is 1. The summed E-state index contributed by atoms with van der Waals surface area (Å²) in [5.41, 5.74) is 0.745. The van der Waals surface area contributed by atoms with Crippen LogP contribution in [0.25, 0.3) is 11.3 Å². The monoisotopic (exact) mass is 581 g/mol. The number of carbonyl (C=O) groups excluding carboxylic acids is 1. The molecule has 1 saturated heterocycles. The molecule has 1 aromatic carbocycles. The van der Waals surface area contributed by atoms with Crippen LogP contribution < -0.4 is 5.32 Å². The van der Waals surface area contributed by atoms with E-state index in [4.69, 9.17) is 0 Å². The predicted molar refractivity (Wildman–Crippen MR) is 135 cm³/mol. The fraction of sp³-hybridized carbons (Fsp3) is 0.308. The van der Waals surface area contributed by atoms with Crippen LogP contribution in [0.1, 0.15) is 36.7 Å². The fourth-order valence-electron chi connectivity index (χ4n) is 4.22. The minimum Gasteiger partial charge on any atom is -0.351 e. The second kappa shape index (κ2) is 12.5. The molecule has 0 radical (unpaired) electrons. The Balaban J connectivity index is 0.00000216. The van der Waals surface area contributed by atoms with Crippen LogP contribution >= 0.6 is 0 Å². The van der Waals surface area contributed by atoms with Gasteiger partial charge in [-0.05, 0) is 55.7 Å². The Bertz CT molecular complexity index is 1460. The molecule has 4 rings (SSSR count). The van der Waals surface area contributed by atoms with Crippen molar-refractivity contribution in [1.82, 2.24) is 24.6 Å². The molecule has 1 aliphatic heterocycles. The average Bonchev–Trinajstić information content (AvgIpc) is 3.34. The highest BCUT2D eigenvalue weighted by Crippen LogP contribution is 2.31. The first-order valence-electron chi connectivity index (χ1n) is 11.8. The van der Waals surface area contributed by atoms with Crippen LogP contribution in [0.2, 0.25) is 0 Å². The molecule has 0 saturated carbocycles. The largest absolute Gasteiger partial charge is 0.451 e. The summed E-state index contributed by atoms with van der Waals surface area (Å²) in [5.74, 6) is -2.53. The summed E-state index contributed by atoms with van der Waals surface area (Å²) in [6.07, 6.45) is 7.02. The molecule has 40 heavy (non-hydrogen) atoms. The molecule has 1 aliphatic rings. The van der Waals surface area contributed by atoms with Gasteiger partial charge in [0, 0.05) is 42.3 Å². The second-order valence-corrected chi connectivity index (χ2v) is 10.6. The van der Waals surface area contributed by atoms with E-state index in [1.165, 1.54) is 12.3 Å². The number of carbonyl (C=O) groups is 1. The number of sulfonamides is 1. The van der Waals surface area contributed by atoms with Crippen LogP contribution in [0.5, 0.6) is 0 Å². The molecule has 0 aliphatic carbocycles. The number of halogens is 5. The van der Waals surface area contributed by atoms with Gasteiger partial charge in [-0.15, -0.1) is 12.8 Å². The Morgan fingerprint density at radius 1 is 1.05 bits per heavy atom. The Morgan fingerprint density at radius 3 is 2.25 bits per heavy atom. The van der Waals surface area contributed by atoms with E-state index in [2.05, 4.69) is 33.1 Å². The molecule has 0 bridgehead atoms. The van der Waals surface area contributed by atoms with Crippen LogP contribution in [0.4, 0.5) is 22.0 Å². The number of rotatable bonds is 7.